The summed E-state index contributed by atoms with van der Waals surface area (Å²) in [6, 6.07) is 25.4. The molecule has 0 bridgehead atoms. The molecule has 0 aliphatic carbocycles. The highest BCUT2D eigenvalue weighted by Crippen LogP contribution is 2.26. The lowest BCUT2D eigenvalue weighted by Gasteiger charge is -2.08. The Hall–Kier alpha value is -4.19. The highest BCUT2D eigenvalue weighted by molar-refractivity contribution is 5.82. The fourth-order valence-electron chi connectivity index (χ4n) is 4.22. The van der Waals surface area contributed by atoms with Gasteiger partial charge in [-0.1, -0.05) is 42.5 Å². The minimum atomic E-state index is -0.365. The first kappa shape index (κ1) is 21.6. The first-order valence-corrected chi connectivity index (χ1v) is 11.2. The van der Waals surface area contributed by atoms with Crippen LogP contribution >= 0.6 is 0 Å². The van der Waals surface area contributed by atoms with Crippen LogP contribution in [-0.2, 0) is 12.8 Å². The lowest BCUT2D eigenvalue weighted by molar-refractivity contribution is -0.552. The van der Waals surface area contributed by atoms with Crippen molar-refractivity contribution in [2.24, 2.45) is 0 Å². The van der Waals surface area contributed by atoms with Crippen molar-refractivity contribution in [1.82, 2.24) is 4.98 Å². The summed E-state index contributed by atoms with van der Waals surface area (Å²) in [5.74, 6) is 2.34. The van der Waals surface area contributed by atoms with E-state index < -0.39 is 0 Å². The van der Waals surface area contributed by atoms with Gasteiger partial charge in [0.05, 0.1) is 14.2 Å². The maximum atomic E-state index is 13.4. The van der Waals surface area contributed by atoms with Crippen LogP contribution in [0, 0.1) is 0 Å². The van der Waals surface area contributed by atoms with E-state index in [1.807, 2.05) is 72.9 Å². The van der Waals surface area contributed by atoms with Gasteiger partial charge in [-0.05, 0) is 47.5 Å². The summed E-state index contributed by atoms with van der Waals surface area (Å²) in [7, 11) is 3.29. The molecule has 0 spiro atoms. The van der Waals surface area contributed by atoms with Crippen LogP contribution in [0.25, 0.3) is 11.3 Å². The second kappa shape index (κ2) is 9.35. The number of aromatic nitrogens is 2. The number of anilines is 1. The minimum absolute atomic E-state index is 0.0114. The van der Waals surface area contributed by atoms with Gasteiger partial charge in [0.25, 0.3) is 0 Å². The third kappa shape index (κ3) is 4.35. The van der Waals surface area contributed by atoms with E-state index in [2.05, 4.69) is 17.4 Å². The summed E-state index contributed by atoms with van der Waals surface area (Å²) < 4.78 is 12.3. The van der Waals surface area contributed by atoms with E-state index in [0.717, 1.165) is 45.4 Å². The molecule has 6 nitrogen and oxygen atoms in total. The van der Waals surface area contributed by atoms with Crippen LogP contribution in [0.4, 0.5) is 5.82 Å². The Bertz CT molecular complexity index is 1300. The molecule has 0 saturated heterocycles. The lowest BCUT2D eigenvalue weighted by atomic mass is 10.1. The molecule has 1 N–H and O–H groups in total. The van der Waals surface area contributed by atoms with Crippen LogP contribution in [0.3, 0.4) is 0 Å². The molecular weight excluding hydrogens is 426 g/mol. The molecule has 1 aliphatic heterocycles. The molecule has 0 saturated carbocycles. The summed E-state index contributed by atoms with van der Waals surface area (Å²) in [4.78, 5) is 18.4. The van der Waals surface area contributed by atoms with Gasteiger partial charge in [0.1, 0.15) is 29.1 Å². The van der Waals surface area contributed by atoms with E-state index in [9.17, 15) is 4.79 Å². The van der Waals surface area contributed by atoms with Gasteiger partial charge in [-0.25, -0.2) is 9.78 Å². The number of rotatable bonds is 7. The molecule has 1 atom stereocenters. The summed E-state index contributed by atoms with van der Waals surface area (Å²) in [6.45, 7) is 0. The number of carbonyl (C=O) groups is 1. The molecule has 0 amide bonds. The number of nitrogens with one attached hydrogen (secondary N) is 1. The fourth-order valence-corrected chi connectivity index (χ4v) is 4.22. The van der Waals surface area contributed by atoms with Gasteiger partial charge in [-0.15, -0.1) is 0 Å². The van der Waals surface area contributed by atoms with Crippen molar-refractivity contribution in [2.45, 2.75) is 18.9 Å². The predicted molar refractivity (Wildman–Crippen MR) is 130 cm³/mol. The molecule has 1 aliphatic rings. The van der Waals surface area contributed by atoms with Crippen molar-refractivity contribution in [2.75, 3.05) is 19.5 Å². The van der Waals surface area contributed by atoms with E-state index in [4.69, 9.17) is 14.5 Å². The van der Waals surface area contributed by atoms with Crippen LogP contribution in [0.5, 0.6) is 11.5 Å². The van der Waals surface area contributed by atoms with Crippen molar-refractivity contribution in [3.63, 3.8) is 0 Å². The van der Waals surface area contributed by atoms with Gasteiger partial charge < -0.3 is 9.47 Å². The van der Waals surface area contributed by atoms with Gasteiger partial charge in [0.2, 0.25) is 0 Å². The molecule has 2 heterocycles. The SMILES string of the molecule is COc1ccc(CC2Nc3c(Cc4ccccc4)nc(-c4ccc(OC)cc4)c[n+]3C2=O)cc1. The zero-order valence-corrected chi connectivity index (χ0v) is 19.2. The molecule has 4 aromatic rings. The second-order valence-corrected chi connectivity index (χ2v) is 8.27. The number of hydrogen-bond donors (Lipinski definition) is 1. The third-order valence-electron chi connectivity index (χ3n) is 6.07. The normalized spacial score (nSPS) is 14.4. The number of hydrogen-bond acceptors (Lipinski definition) is 5. The zero-order chi connectivity index (χ0) is 23.5. The molecule has 170 valence electrons. The Morgan fingerprint density at radius 2 is 1.50 bits per heavy atom. The molecule has 0 radical (unpaired) electrons. The van der Waals surface area contributed by atoms with E-state index in [-0.39, 0.29) is 11.9 Å². The number of fused-ring (bicyclic) bond motifs is 1. The van der Waals surface area contributed by atoms with Crippen molar-refractivity contribution < 1.29 is 18.8 Å². The van der Waals surface area contributed by atoms with E-state index in [1.54, 1.807) is 18.8 Å². The molecular formula is C28H26N3O3+. The van der Waals surface area contributed by atoms with Crippen LogP contribution in [0.2, 0.25) is 0 Å². The molecule has 6 heteroatoms. The Morgan fingerprint density at radius 1 is 0.853 bits per heavy atom. The largest absolute Gasteiger partial charge is 0.497 e. The first-order valence-electron chi connectivity index (χ1n) is 11.2. The monoisotopic (exact) mass is 452 g/mol. The van der Waals surface area contributed by atoms with Gasteiger partial charge in [-0.3, -0.25) is 5.32 Å². The average molecular weight is 453 g/mol. The maximum absolute atomic E-state index is 13.4. The highest BCUT2D eigenvalue weighted by Gasteiger charge is 2.41. The van der Waals surface area contributed by atoms with Crippen molar-refractivity contribution >= 4 is 11.7 Å². The molecule has 0 fully saturated rings. The second-order valence-electron chi connectivity index (χ2n) is 8.27. The van der Waals surface area contributed by atoms with E-state index in [0.29, 0.717) is 12.8 Å². The van der Waals surface area contributed by atoms with E-state index >= 15 is 0 Å². The summed E-state index contributed by atoms with van der Waals surface area (Å²) in [5, 5.41) is 3.45. The summed E-state index contributed by atoms with van der Waals surface area (Å²) >= 11 is 0. The Balaban J connectivity index is 1.50. The van der Waals surface area contributed by atoms with Crippen LogP contribution < -0.4 is 19.4 Å². The highest BCUT2D eigenvalue weighted by atomic mass is 16.5. The number of ether oxygens (including phenoxy) is 2. The number of carbonyl (C=O) groups excluding carboxylic acids is 1. The molecule has 1 aromatic heterocycles. The number of benzene rings is 3. The average Bonchev–Trinajstić information content (AvgIpc) is 3.20. The standard InChI is InChI=1S/C28H25N3O3/c1-33-22-12-8-20(9-13-22)17-25-28(32)31-18-26(21-10-14-23(34-2)15-11-21)29-24(27(31)30-25)16-19-6-4-3-5-7-19/h3-15,18,25H,16-17H2,1-2H3/p+1. The molecule has 1 unspecified atom stereocenters. The van der Waals surface area contributed by atoms with Gasteiger partial charge in [0, 0.05) is 18.4 Å². The predicted octanol–water partition coefficient (Wildman–Crippen LogP) is 4.32. The van der Waals surface area contributed by atoms with Crippen molar-refractivity contribution in [1.29, 1.82) is 0 Å². The van der Waals surface area contributed by atoms with Crippen molar-refractivity contribution in [3.05, 3.63) is 102 Å². The zero-order valence-electron chi connectivity index (χ0n) is 19.2. The van der Waals surface area contributed by atoms with E-state index in [1.165, 1.54) is 0 Å². The van der Waals surface area contributed by atoms with Crippen LogP contribution in [0.1, 0.15) is 21.6 Å². The molecule has 5 rings (SSSR count). The number of methoxy groups -OCH3 is 2. The smallest absolute Gasteiger partial charge is 0.359 e. The Kier molecular flexibility index (Phi) is 5.95. The summed E-state index contributed by atoms with van der Waals surface area (Å²) in [5.41, 5.74) is 4.71. The lowest BCUT2D eigenvalue weighted by Crippen LogP contribution is -2.44. The van der Waals surface area contributed by atoms with Gasteiger partial charge in [-0.2, -0.15) is 4.57 Å². The first-order chi connectivity index (χ1) is 16.6. The Morgan fingerprint density at radius 3 is 2.15 bits per heavy atom. The Labute approximate surface area is 198 Å². The molecule has 3 aromatic carbocycles. The maximum Gasteiger partial charge on any atom is 0.359 e. The van der Waals surface area contributed by atoms with Crippen LogP contribution in [-0.4, -0.2) is 31.2 Å². The quantitative estimate of drug-likeness (QED) is 0.423. The number of nitrogens with zero attached hydrogens (tertiary/aromatic N) is 2. The molecule has 34 heavy (non-hydrogen) atoms. The van der Waals surface area contributed by atoms with Gasteiger partial charge in [0.15, 0.2) is 6.04 Å². The topological polar surface area (TPSA) is 64.3 Å². The minimum Gasteiger partial charge on any atom is -0.497 e. The fraction of sp³-hybridized carbons (Fsp3) is 0.179. The van der Waals surface area contributed by atoms with Crippen LogP contribution in [0.15, 0.2) is 85.1 Å². The van der Waals surface area contributed by atoms with Crippen molar-refractivity contribution in [3.8, 4) is 22.8 Å². The van der Waals surface area contributed by atoms with Gasteiger partial charge >= 0.3 is 11.7 Å². The summed E-state index contributed by atoms with van der Waals surface area (Å²) in [6.07, 6.45) is 3.03. The third-order valence-corrected chi connectivity index (χ3v) is 6.07.